The molecule has 4 aliphatic rings. The number of carbonyl (C=O) groups excluding carboxylic acids is 4. The number of hydrogen-bond donors (Lipinski definition) is 0. The van der Waals surface area contributed by atoms with Crippen molar-refractivity contribution in [3.63, 3.8) is 0 Å². The molecule has 0 aromatic heterocycles. The van der Waals surface area contributed by atoms with E-state index in [1.165, 1.54) is 23.1 Å². The number of hydrogen-bond acceptors (Lipinski definition) is 6. The summed E-state index contributed by atoms with van der Waals surface area (Å²) in [5.74, 6) is -0.853. The molecule has 256 valence electrons. The Labute approximate surface area is 288 Å². The van der Waals surface area contributed by atoms with Gasteiger partial charge < -0.3 is 19.3 Å². The van der Waals surface area contributed by atoms with Crippen LogP contribution in [0.2, 0.25) is 0 Å². The first-order valence-electron chi connectivity index (χ1n) is 17.8. The van der Waals surface area contributed by atoms with Gasteiger partial charge in [-0.2, -0.15) is 0 Å². The first kappa shape index (κ1) is 32.9. The van der Waals surface area contributed by atoms with Crippen LogP contribution in [-0.4, -0.2) is 71.6 Å². The number of nitrogens with zero attached hydrogens (tertiary/aromatic N) is 3. The van der Waals surface area contributed by atoms with Crippen LogP contribution in [0.3, 0.4) is 0 Å². The average molecular weight is 664 g/mol. The number of methoxy groups -OCH3 is 1. The Balaban J connectivity index is 1.20. The summed E-state index contributed by atoms with van der Waals surface area (Å²) < 4.78 is 11.1. The summed E-state index contributed by atoms with van der Waals surface area (Å²) in [6, 6.07) is 22.4. The van der Waals surface area contributed by atoms with E-state index in [-0.39, 0.29) is 42.9 Å². The molecule has 3 amide bonds. The number of para-hydroxylation sites is 1. The SMILES string of the molecule is COC(=O)C[C@H]1Cc2ccccc2CN1C(=O)CN(C(=O)[C@H]1Cc2ccccc2N1C(=O)OC1CCCCC1)C1CCc2ccccc2C1. The van der Waals surface area contributed by atoms with Crippen molar-refractivity contribution in [1.29, 1.82) is 0 Å². The van der Waals surface area contributed by atoms with Gasteiger partial charge in [0.05, 0.1) is 19.2 Å². The highest BCUT2D eigenvalue weighted by atomic mass is 16.6. The molecule has 3 aromatic rings. The molecule has 1 fully saturated rings. The topological polar surface area (TPSA) is 96.5 Å². The van der Waals surface area contributed by atoms with E-state index in [0.29, 0.717) is 37.9 Å². The van der Waals surface area contributed by atoms with Crippen LogP contribution in [0.5, 0.6) is 0 Å². The highest BCUT2D eigenvalue weighted by Crippen LogP contribution is 2.36. The van der Waals surface area contributed by atoms with E-state index >= 15 is 0 Å². The van der Waals surface area contributed by atoms with E-state index in [2.05, 4.69) is 12.1 Å². The molecule has 7 rings (SSSR count). The number of anilines is 1. The first-order chi connectivity index (χ1) is 23.9. The van der Waals surface area contributed by atoms with Crippen LogP contribution >= 0.6 is 0 Å². The third-order valence-corrected chi connectivity index (χ3v) is 10.9. The summed E-state index contributed by atoms with van der Waals surface area (Å²) in [6.07, 6.45) is 7.24. The Morgan fingerprint density at radius 1 is 0.755 bits per heavy atom. The maximum Gasteiger partial charge on any atom is 0.415 e. The number of fused-ring (bicyclic) bond motifs is 3. The summed E-state index contributed by atoms with van der Waals surface area (Å²) in [5.41, 5.74) is 6.16. The van der Waals surface area contributed by atoms with Crippen molar-refractivity contribution in [2.75, 3.05) is 18.6 Å². The van der Waals surface area contributed by atoms with Gasteiger partial charge >= 0.3 is 12.1 Å². The predicted octanol–water partition coefficient (Wildman–Crippen LogP) is 5.79. The lowest BCUT2D eigenvalue weighted by molar-refractivity contribution is -0.148. The van der Waals surface area contributed by atoms with Crippen molar-refractivity contribution in [3.8, 4) is 0 Å². The van der Waals surface area contributed by atoms with Crippen LogP contribution in [0.1, 0.15) is 72.8 Å². The summed E-state index contributed by atoms with van der Waals surface area (Å²) >= 11 is 0. The van der Waals surface area contributed by atoms with Crippen molar-refractivity contribution >= 4 is 29.6 Å². The molecule has 49 heavy (non-hydrogen) atoms. The summed E-state index contributed by atoms with van der Waals surface area (Å²) in [7, 11) is 1.36. The lowest BCUT2D eigenvalue weighted by Crippen LogP contribution is -2.57. The van der Waals surface area contributed by atoms with Gasteiger partial charge in [-0.05, 0) is 85.3 Å². The van der Waals surface area contributed by atoms with Crippen LogP contribution in [0.25, 0.3) is 0 Å². The Morgan fingerprint density at radius 2 is 1.41 bits per heavy atom. The quantitative estimate of drug-likeness (QED) is 0.297. The average Bonchev–Trinajstić information content (AvgIpc) is 3.53. The zero-order valence-electron chi connectivity index (χ0n) is 28.2. The fraction of sp³-hybridized carbons (Fsp3) is 0.450. The molecular weight excluding hydrogens is 618 g/mol. The van der Waals surface area contributed by atoms with Gasteiger partial charge in [0.15, 0.2) is 0 Å². The second-order valence-corrected chi connectivity index (χ2v) is 13.9. The van der Waals surface area contributed by atoms with Gasteiger partial charge in [-0.3, -0.25) is 19.3 Å². The third-order valence-electron chi connectivity index (χ3n) is 10.9. The number of ether oxygens (including phenoxy) is 2. The van der Waals surface area contributed by atoms with Gasteiger partial charge in [-0.25, -0.2) is 4.79 Å². The van der Waals surface area contributed by atoms with Gasteiger partial charge in [0.25, 0.3) is 0 Å². The molecule has 2 heterocycles. The monoisotopic (exact) mass is 663 g/mol. The minimum atomic E-state index is -0.827. The Kier molecular flexibility index (Phi) is 9.69. The summed E-state index contributed by atoms with van der Waals surface area (Å²) in [4.78, 5) is 60.9. The number of amides is 3. The van der Waals surface area contributed by atoms with Crippen LogP contribution in [0, 0.1) is 0 Å². The standard InChI is InChI=1S/C40H45N3O6/c1-48-38(45)24-33-22-29-13-7-8-15-31(29)25-41(33)37(44)26-42(32-20-19-27-11-5-6-12-28(27)21-32)39(46)36-23-30-14-9-10-18-35(30)43(36)40(47)49-34-16-3-2-4-17-34/h5-15,18,32-34,36H,2-4,16-17,19-26H2,1H3/t32?,33-,36-/m1/s1. The van der Waals surface area contributed by atoms with Gasteiger partial charge in [-0.1, -0.05) is 73.2 Å². The van der Waals surface area contributed by atoms with Crippen LogP contribution in [0.4, 0.5) is 10.5 Å². The van der Waals surface area contributed by atoms with E-state index in [9.17, 15) is 19.2 Å². The second-order valence-electron chi connectivity index (χ2n) is 13.9. The zero-order valence-corrected chi connectivity index (χ0v) is 28.2. The van der Waals surface area contributed by atoms with E-state index in [1.54, 1.807) is 9.80 Å². The molecule has 0 spiro atoms. The lowest BCUT2D eigenvalue weighted by Gasteiger charge is -2.41. The van der Waals surface area contributed by atoms with Gasteiger partial charge in [0, 0.05) is 25.0 Å². The molecule has 1 unspecified atom stereocenters. The fourth-order valence-electron chi connectivity index (χ4n) is 8.29. The molecule has 0 radical (unpaired) electrons. The summed E-state index contributed by atoms with van der Waals surface area (Å²) in [5, 5.41) is 0. The van der Waals surface area contributed by atoms with Crippen LogP contribution in [-0.2, 0) is 56.1 Å². The smallest absolute Gasteiger partial charge is 0.415 e. The van der Waals surface area contributed by atoms with Crippen LogP contribution in [0.15, 0.2) is 72.8 Å². The minimum absolute atomic E-state index is 0.0695. The van der Waals surface area contributed by atoms with Gasteiger partial charge in [-0.15, -0.1) is 0 Å². The highest BCUT2D eigenvalue weighted by Gasteiger charge is 2.45. The second kappa shape index (κ2) is 14.4. The molecule has 2 aliphatic carbocycles. The molecule has 0 N–H and O–H groups in total. The molecule has 9 heteroatoms. The first-order valence-corrected chi connectivity index (χ1v) is 17.8. The number of aryl methyl sites for hydroxylation is 1. The third kappa shape index (κ3) is 6.94. The van der Waals surface area contributed by atoms with Crippen molar-refractivity contribution in [2.24, 2.45) is 0 Å². The highest BCUT2D eigenvalue weighted by molar-refractivity contribution is 6.01. The van der Waals surface area contributed by atoms with Crippen LogP contribution < -0.4 is 4.90 Å². The molecule has 3 aromatic carbocycles. The molecule has 0 saturated heterocycles. The number of rotatable bonds is 7. The maximum atomic E-state index is 15.0. The fourth-order valence-corrected chi connectivity index (χ4v) is 8.29. The van der Waals surface area contributed by atoms with E-state index < -0.39 is 18.2 Å². The maximum absolute atomic E-state index is 15.0. The predicted molar refractivity (Wildman–Crippen MR) is 185 cm³/mol. The number of carbonyl (C=O) groups is 4. The van der Waals surface area contributed by atoms with E-state index in [4.69, 9.17) is 9.47 Å². The Bertz CT molecular complexity index is 1720. The van der Waals surface area contributed by atoms with Crippen molar-refractivity contribution in [2.45, 2.75) is 101 Å². The minimum Gasteiger partial charge on any atom is -0.469 e. The van der Waals surface area contributed by atoms with Gasteiger partial charge in [0.2, 0.25) is 11.8 Å². The molecule has 2 aliphatic heterocycles. The van der Waals surface area contributed by atoms with Crippen molar-refractivity contribution in [1.82, 2.24) is 9.80 Å². The molecule has 1 saturated carbocycles. The van der Waals surface area contributed by atoms with Gasteiger partial charge in [0.1, 0.15) is 18.7 Å². The Hall–Kier alpha value is -4.66. The Morgan fingerprint density at radius 3 is 2.14 bits per heavy atom. The molecule has 3 atom stereocenters. The summed E-state index contributed by atoms with van der Waals surface area (Å²) in [6.45, 7) is 0.199. The number of benzene rings is 3. The van der Waals surface area contributed by atoms with Crippen molar-refractivity contribution < 1.29 is 28.7 Å². The zero-order chi connectivity index (χ0) is 33.9. The molecule has 0 bridgehead atoms. The molecule has 9 nitrogen and oxygen atoms in total. The molecular formula is C40H45N3O6. The van der Waals surface area contributed by atoms with E-state index in [1.807, 2.05) is 60.7 Å². The van der Waals surface area contributed by atoms with Crippen molar-refractivity contribution in [3.05, 3.63) is 101 Å². The normalized spacial score (nSPS) is 21.6. The largest absolute Gasteiger partial charge is 0.469 e. The lowest BCUT2D eigenvalue weighted by atomic mass is 9.87. The number of esters is 1. The van der Waals surface area contributed by atoms with E-state index in [0.717, 1.165) is 55.2 Å².